The van der Waals surface area contributed by atoms with Crippen molar-refractivity contribution in [1.29, 1.82) is 0 Å². The average molecular weight is 248 g/mol. The van der Waals surface area contributed by atoms with Crippen LogP contribution in [0.1, 0.15) is 23.8 Å². The van der Waals surface area contributed by atoms with Gasteiger partial charge in [0.25, 0.3) is 11.5 Å². The minimum absolute atomic E-state index is 0.0880. The molecular weight excluding hydrogens is 232 g/mol. The Labute approximate surface area is 104 Å². The summed E-state index contributed by atoms with van der Waals surface area (Å²) in [6.45, 7) is 3.91. The highest BCUT2D eigenvalue weighted by atomic mass is 16.2. The number of hydrogen-bond acceptors (Lipinski definition) is 4. The molecule has 1 amide bonds. The number of nitrogens with zero attached hydrogens (tertiary/aromatic N) is 2. The lowest BCUT2D eigenvalue weighted by Gasteiger charge is -2.27. The van der Waals surface area contributed by atoms with Gasteiger partial charge in [0.2, 0.25) is 0 Å². The molecule has 3 atom stereocenters. The van der Waals surface area contributed by atoms with Crippen LogP contribution in [0, 0.1) is 5.92 Å². The van der Waals surface area contributed by atoms with Crippen molar-refractivity contribution in [2.45, 2.75) is 25.4 Å². The number of aromatic amines is 1. The largest absolute Gasteiger partial charge is 0.330 e. The first kappa shape index (κ1) is 11.4. The lowest BCUT2D eigenvalue weighted by Crippen LogP contribution is -2.43. The first-order valence-corrected chi connectivity index (χ1v) is 6.25. The van der Waals surface area contributed by atoms with Crippen LogP contribution in [0.25, 0.3) is 0 Å². The van der Waals surface area contributed by atoms with Gasteiger partial charge in [0.1, 0.15) is 5.69 Å². The first-order valence-electron chi connectivity index (χ1n) is 6.25. The molecule has 1 aromatic rings. The zero-order valence-corrected chi connectivity index (χ0v) is 10.2. The molecule has 0 spiro atoms. The molecule has 2 saturated heterocycles. The Balaban J connectivity index is 1.87. The number of carbonyl (C=O) groups excluding carboxylic acids is 1. The Kier molecular flexibility index (Phi) is 2.66. The minimum Gasteiger partial charge on any atom is -0.330 e. The van der Waals surface area contributed by atoms with Crippen LogP contribution in [-0.2, 0) is 0 Å². The van der Waals surface area contributed by atoms with Crippen molar-refractivity contribution in [2.24, 2.45) is 5.92 Å². The maximum Gasteiger partial charge on any atom is 0.274 e. The predicted molar refractivity (Wildman–Crippen MR) is 65.3 cm³/mol. The zero-order valence-electron chi connectivity index (χ0n) is 10.2. The second-order valence-electron chi connectivity index (χ2n) is 5.08. The molecule has 3 heterocycles. The molecule has 2 N–H and O–H groups in total. The van der Waals surface area contributed by atoms with Gasteiger partial charge >= 0.3 is 0 Å². The van der Waals surface area contributed by atoms with E-state index < -0.39 is 0 Å². The number of likely N-dealkylation sites (tertiary alicyclic amines) is 1. The molecule has 2 aliphatic heterocycles. The molecule has 0 saturated carbocycles. The van der Waals surface area contributed by atoms with Gasteiger partial charge in [-0.05, 0) is 19.3 Å². The van der Waals surface area contributed by atoms with Crippen LogP contribution in [0.3, 0.4) is 0 Å². The smallest absolute Gasteiger partial charge is 0.274 e. The molecule has 3 rings (SSSR count). The number of amides is 1. The number of aromatic nitrogens is 2. The molecule has 0 bridgehead atoms. The summed E-state index contributed by atoms with van der Waals surface area (Å²) in [5.74, 6) is 0.460. The van der Waals surface area contributed by atoms with E-state index in [4.69, 9.17) is 0 Å². The average Bonchev–Trinajstić information content (AvgIpc) is 2.89. The van der Waals surface area contributed by atoms with Gasteiger partial charge in [0.05, 0.1) is 6.20 Å². The molecule has 1 aromatic heterocycles. The zero-order chi connectivity index (χ0) is 12.7. The van der Waals surface area contributed by atoms with Crippen molar-refractivity contribution < 1.29 is 4.79 Å². The van der Waals surface area contributed by atoms with E-state index in [1.54, 1.807) is 0 Å². The highest BCUT2D eigenvalue weighted by Gasteiger charge is 2.44. The molecule has 96 valence electrons. The summed E-state index contributed by atoms with van der Waals surface area (Å²) in [6.07, 6.45) is 3.58. The first-order chi connectivity index (χ1) is 8.66. The van der Waals surface area contributed by atoms with Crippen molar-refractivity contribution >= 4 is 5.91 Å². The van der Waals surface area contributed by atoms with Crippen molar-refractivity contribution in [3.63, 3.8) is 0 Å². The number of fused-ring (bicyclic) bond motifs is 1. The summed E-state index contributed by atoms with van der Waals surface area (Å²) in [4.78, 5) is 31.7. The molecular formula is C12H16N4O2. The molecule has 18 heavy (non-hydrogen) atoms. The van der Waals surface area contributed by atoms with Gasteiger partial charge in [-0.2, -0.15) is 0 Å². The van der Waals surface area contributed by atoms with E-state index in [2.05, 4.69) is 22.2 Å². The number of nitrogens with one attached hydrogen (secondary N) is 2. The van der Waals surface area contributed by atoms with Gasteiger partial charge in [0.15, 0.2) is 0 Å². The molecule has 2 aliphatic rings. The lowest BCUT2D eigenvalue weighted by molar-refractivity contribution is 0.0675. The molecule has 3 unspecified atom stereocenters. The van der Waals surface area contributed by atoms with Crippen molar-refractivity contribution in [1.82, 2.24) is 20.2 Å². The highest BCUT2D eigenvalue weighted by Crippen LogP contribution is 2.32. The molecule has 6 heteroatoms. The predicted octanol–water partition coefficient (Wildman–Crippen LogP) is -0.408. The Morgan fingerprint density at radius 3 is 3.06 bits per heavy atom. The van der Waals surface area contributed by atoms with Gasteiger partial charge in [-0.3, -0.25) is 9.59 Å². The maximum atomic E-state index is 12.4. The van der Waals surface area contributed by atoms with Gasteiger partial charge in [0, 0.05) is 31.4 Å². The molecule has 6 nitrogen and oxygen atoms in total. The number of rotatable bonds is 1. The molecule has 0 radical (unpaired) electrons. The van der Waals surface area contributed by atoms with Crippen molar-refractivity contribution in [2.75, 3.05) is 13.1 Å². The van der Waals surface area contributed by atoms with Crippen molar-refractivity contribution in [3.05, 3.63) is 28.4 Å². The van der Waals surface area contributed by atoms with E-state index in [-0.39, 0.29) is 23.6 Å². The van der Waals surface area contributed by atoms with Crippen LogP contribution in [0.15, 0.2) is 17.2 Å². The SMILES string of the molecule is CC1CC2CNCC2N1C(=O)c1c[nH]c(=O)cn1. The fourth-order valence-electron chi connectivity index (χ4n) is 3.11. The van der Waals surface area contributed by atoms with Gasteiger partial charge < -0.3 is 15.2 Å². The molecule has 2 fully saturated rings. The lowest BCUT2D eigenvalue weighted by atomic mass is 10.0. The van der Waals surface area contributed by atoms with Crippen LogP contribution < -0.4 is 10.9 Å². The summed E-state index contributed by atoms with van der Waals surface area (Å²) < 4.78 is 0. The van der Waals surface area contributed by atoms with Crippen LogP contribution in [0.5, 0.6) is 0 Å². The van der Waals surface area contributed by atoms with E-state index in [9.17, 15) is 9.59 Å². The van der Waals surface area contributed by atoms with Crippen LogP contribution in [0.2, 0.25) is 0 Å². The van der Waals surface area contributed by atoms with Gasteiger partial charge in [-0.15, -0.1) is 0 Å². The van der Waals surface area contributed by atoms with Crippen molar-refractivity contribution in [3.8, 4) is 0 Å². The van der Waals surface area contributed by atoms with Crippen LogP contribution in [-0.4, -0.2) is 45.9 Å². The van der Waals surface area contributed by atoms with E-state index in [0.717, 1.165) is 25.7 Å². The summed E-state index contributed by atoms with van der Waals surface area (Å²) >= 11 is 0. The Bertz CT molecular complexity index is 507. The van der Waals surface area contributed by atoms with E-state index in [0.29, 0.717) is 11.6 Å². The topological polar surface area (TPSA) is 78.1 Å². The maximum absolute atomic E-state index is 12.4. The minimum atomic E-state index is -0.290. The molecule has 0 aromatic carbocycles. The summed E-state index contributed by atoms with van der Waals surface area (Å²) in [6, 6.07) is 0.504. The van der Waals surface area contributed by atoms with E-state index in [1.807, 2.05) is 4.90 Å². The Morgan fingerprint density at radius 1 is 1.50 bits per heavy atom. The fourth-order valence-corrected chi connectivity index (χ4v) is 3.11. The Hall–Kier alpha value is -1.69. The number of hydrogen-bond donors (Lipinski definition) is 2. The van der Waals surface area contributed by atoms with Gasteiger partial charge in [-0.25, -0.2) is 4.98 Å². The van der Waals surface area contributed by atoms with Gasteiger partial charge in [-0.1, -0.05) is 0 Å². The van der Waals surface area contributed by atoms with Crippen LogP contribution in [0.4, 0.5) is 0 Å². The van der Waals surface area contributed by atoms with E-state index in [1.165, 1.54) is 6.20 Å². The normalized spacial score (nSPS) is 30.5. The third kappa shape index (κ3) is 1.73. The van der Waals surface area contributed by atoms with E-state index >= 15 is 0 Å². The second kappa shape index (κ2) is 4.20. The third-order valence-corrected chi connectivity index (χ3v) is 3.91. The summed E-state index contributed by atoms with van der Waals surface area (Å²) in [7, 11) is 0. The standard InChI is InChI=1S/C12H16N4O2/c1-7-2-8-3-13-5-10(8)16(7)12(18)9-4-15-11(17)6-14-9/h4,6-8,10,13H,2-3,5H2,1H3,(H,15,17). The Morgan fingerprint density at radius 2 is 2.33 bits per heavy atom. The molecule has 0 aliphatic carbocycles. The quantitative estimate of drug-likeness (QED) is 0.708. The fraction of sp³-hybridized carbons (Fsp3) is 0.583. The monoisotopic (exact) mass is 248 g/mol. The number of H-pyrrole nitrogens is 1. The van der Waals surface area contributed by atoms with Crippen LogP contribution >= 0.6 is 0 Å². The summed E-state index contributed by atoms with van der Waals surface area (Å²) in [5, 5.41) is 3.32. The highest BCUT2D eigenvalue weighted by molar-refractivity contribution is 5.92. The second-order valence-corrected chi connectivity index (χ2v) is 5.08. The number of carbonyl (C=O) groups is 1. The summed E-state index contributed by atoms with van der Waals surface area (Å²) in [5.41, 5.74) is 0.0235. The third-order valence-electron chi connectivity index (χ3n) is 3.91.